The third kappa shape index (κ3) is 10.4. The van der Waals surface area contributed by atoms with E-state index in [1.807, 2.05) is 19.1 Å². The van der Waals surface area contributed by atoms with E-state index in [-0.39, 0.29) is 40.5 Å². The van der Waals surface area contributed by atoms with Gasteiger partial charge in [0.2, 0.25) is 0 Å². The lowest BCUT2D eigenvalue weighted by Gasteiger charge is -2.13. The summed E-state index contributed by atoms with van der Waals surface area (Å²) in [7, 11) is 0. The Bertz CT molecular complexity index is 2110. The maximum Gasteiger partial charge on any atom is 0.346 e. The highest BCUT2D eigenvalue weighted by molar-refractivity contribution is 5.93. The molecule has 0 bridgehead atoms. The highest BCUT2D eigenvalue weighted by atomic mass is 19.1. The van der Waals surface area contributed by atoms with Gasteiger partial charge in [0.05, 0.1) is 16.7 Å². The van der Waals surface area contributed by atoms with Gasteiger partial charge < -0.3 is 18.9 Å². The van der Waals surface area contributed by atoms with Gasteiger partial charge in [0.1, 0.15) is 34.6 Å². The molecule has 272 valence electrons. The van der Waals surface area contributed by atoms with Crippen LogP contribution in [-0.2, 0) is 24.1 Å². The molecular weight excluding hydrogens is 682 g/mol. The Morgan fingerprint density at radius 2 is 1.08 bits per heavy atom. The molecule has 0 aliphatic heterocycles. The molecule has 0 aliphatic carbocycles. The van der Waals surface area contributed by atoms with E-state index in [0.29, 0.717) is 30.4 Å². The second-order valence-corrected chi connectivity index (χ2v) is 12.4. The molecule has 8 nitrogen and oxygen atoms in total. The summed E-state index contributed by atoms with van der Waals surface area (Å²) in [5.41, 5.74) is 2.97. The maximum absolute atomic E-state index is 15.0. The van der Waals surface area contributed by atoms with Crippen LogP contribution in [0.15, 0.2) is 103 Å². The van der Waals surface area contributed by atoms with Gasteiger partial charge in [0.25, 0.3) is 0 Å². The van der Waals surface area contributed by atoms with Crippen LogP contribution in [0.2, 0.25) is 0 Å². The monoisotopic (exact) mass is 720 g/mol. The summed E-state index contributed by atoms with van der Waals surface area (Å²) in [5.74, 6) is -4.43. The van der Waals surface area contributed by atoms with Crippen LogP contribution in [0.25, 0.3) is 0 Å². The van der Waals surface area contributed by atoms with Crippen LogP contribution < -0.4 is 18.9 Å². The van der Waals surface area contributed by atoms with Crippen molar-refractivity contribution < 1.29 is 46.9 Å². The summed E-state index contributed by atoms with van der Waals surface area (Å²) in [6.07, 6.45) is 3.90. The fourth-order valence-electron chi connectivity index (χ4n) is 5.43. The number of rotatable bonds is 14. The number of hydrogen-bond acceptors (Lipinski definition) is 8. The van der Waals surface area contributed by atoms with Crippen LogP contribution in [0.5, 0.6) is 23.0 Å². The quantitative estimate of drug-likeness (QED) is 0.0826. The SMILES string of the molecule is CCCc1ccc(CCC(=O)Oc2ccc(C(=O)Oc3ccc(C(=O)Oc4ccc(OC(=O)c5ccc(C)cc5F)c(CCC)c4)c(F)c3)cc2)cc1. The van der Waals surface area contributed by atoms with E-state index in [2.05, 4.69) is 19.1 Å². The Kier molecular flexibility index (Phi) is 12.8. The lowest BCUT2D eigenvalue weighted by atomic mass is 10.0. The van der Waals surface area contributed by atoms with E-state index in [9.17, 15) is 23.6 Å². The Labute approximate surface area is 306 Å². The van der Waals surface area contributed by atoms with Crippen LogP contribution in [0.4, 0.5) is 8.78 Å². The normalized spacial score (nSPS) is 10.7. The molecule has 0 saturated heterocycles. The Balaban J connectivity index is 1.15. The van der Waals surface area contributed by atoms with Gasteiger partial charge in [-0.1, -0.05) is 57.0 Å². The van der Waals surface area contributed by atoms with Gasteiger partial charge in [-0.05, 0) is 115 Å². The van der Waals surface area contributed by atoms with Crippen LogP contribution in [0, 0.1) is 18.6 Å². The van der Waals surface area contributed by atoms with Crippen molar-refractivity contribution in [2.75, 3.05) is 0 Å². The van der Waals surface area contributed by atoms with Crippen molar-refractivity contribution in [1.82, 2.24) is 0 Å². The summed E-state index contributed by atoms with van der Waals surface area (Å²) in [6.45, 7) is 5.72. The van der Waals surface area contributed by atoms with Crippen LogP contribution in [0.1, 0.15) is 86.4 Å². The van der Waals surface area contributed by atoms with Crippen molar-refractivity contribution in [1.29, 1.82) is 0 Å². The first-order chi connectivity index (χ1) is 25.5. The van der Waals surface area contributed by atoms with Gasteiger partial charge in [-0.25, -0.2) is 23.2 Å². The van der Waals surface area contributed by atoms with Gasteiger partial charge in [-0.3, -0.25) is 4.79 Å². The molecule has 0 heterocycles. The van der Waals surface area contributed by atoms with E-state index in [4.69, 9.17) is 18.9 Å². The largest absolute Gasteiger partial charge is 0.427 e. The van der Waals surface area contributed by atoms with Gasteiger partial charge in [0.15, 0.2) is 0 Å². The fraction of sp³-hybridized carbons (Fsp3) is 0.209. The molecule has 10 heteroatoms. The number of carbonyl (C=O) groups is 4. The first kappa shape index (κ1) is 38.1. The molecule has 0 aromatic heterocycles. The summed E-state index contributed by atoms with van der Waals surface area (Å²) in [6, 6.07) is 25.6. The lowest BCUT2D eigenvalue weighted by molar-refractivity contribution is -0.134. The summed E-state index contributed by atoms with van der Waals surface area (Å²) >= 11 is 0. The molecule has 5 aromatic carbocycles. The second-order valence-electron chi connectivity index (χ2n) is 12.4. The summed E-state index contributed by atoms with van der Waals surface area (Å²) < 4.78 is 50.9. The van der Waals surface area contributed by atoms with Crippen molar-refractivity contribution in [2.24, 2.45) is 0 Å². The first-order valence-corrected chi connectivity index (χ1v) is 17.3. The Morgan fingerprint density at radius 3 is 1.72 bits per heavy atom. The highest BCUT2D eigenvalue weighted by Crippen LogP contribution is 2.28. The van der Waals surface area contributed by atoms with E-state index in [1.54, 1.807) is 13.0 Å². The van der Waals surface area contributed by atoms with Crippen molar-refractivity contribution in [3.8, 4) is 23.0 Å². The van der Waals surface area contributed by atoms with E-state index >= 15 is 4.39 Å². The second kappa shape index (κ2) is 17.9. The molecule has 0 unspecified atom stereocenters. The van der Waals surface area contributed by atoms with Gasteiger partial charge in [-0.2, -0.15) is 0 Å². The lowest BCUT2D eigenvalue weighted by Crippen LogP contribution is -2.14. The molecule has 0 N–H and O–H groups in total. The topological polar surface area (TPSA) is 105 Å². The van der Waals surface area contributed by atoms with E-state index in [1.165, 1.54) is 66.2 Å². The molecule has 0 aliphatic rings. The zero-order chi connectivity index (χ0) is 37.9. The number of esters is 4. The number of benzene rings is 5. The minimum Gasteiger partial charge on any atom is -0.427 e. The molecule has 0 amide bonds. The third-order valence-corrected chi connectivity index (χ3v) is 8.18. The van der Waals surface area contributed by atoms with Gasteiger partial charge >= 0.3 is 23.9 Å². The predicted octanol–water partition coefficient (Wildman–Crippen LogP) is 9.37. The standard InChI is InChI=1S/C43H38F2O8/c1-4-6-28-9-11-29(12-10-28)13-23-40(46)50-32-16-14-30(15-17-32)41(47)51-34-18-21-36(38(45)26-34)42(48)52-33-19-22-39(31(25-33)7-5-2)53-43(49)35-20-8-27(3)24-37(35)44/h8-12,14-22,24-26H,4-7,13,23H2,1-3H3. The molecule has 0 fully saturated rings. The number of ether oxygens (including phenoxy) is 4. The molecule has 53 heavy (non-hydrogen) atoms. The molecule has 0 saturated carbocycles. The smallest absolute Gasteiger partial charge is 0.346 e. The molecule has 5 rings (SSSR count). The highest BCUT2D eigenvalue weighted by Gasteiger charge is 2.20. The molecule has 5 aromatic rings. The first-order valence-electron chi connectivity index (χ1n) is 17.3. The van der Waals surface area contributed by atoms with Crippen LogP contribution in [0.3, 0.4) is 0 Å². The fourth-order valence-corrected chi connectivity index (χ4v) is 5.43. The molecule has 0 atom stereocenters. The van der Waals surface area contributed by atoms with E-state index in [0.717, 1.165) is 30.5 Å². The zero-order valence-electron chi connectivity index (χ0n) is 29.6. The van der Waals surface area contributed by atoms with Crippen LogP contribution in [-0.4, -0.2) is 23.9 Å². The molecule has 0 radical (unpaired) electrons. The Morgan fingerprint density at radius 1 is 0.528 bits per heavy atom. The average Bonchev–Trinajstić information content (AvgIpc) is 3.13. The van der Waals surface area contributed by atoms with Crippen molar-refractivity contribution in [3.05, 3.63) is 154 Å². The third-order valence-electron chi connectivity index (χ3n) is 8.18. The Hall–Kier alpha value is -6.16. The number of hydrogen-bond donors (Lipinski definition) is 0. The van der Waals surface area contributed by atoms with E-state index < -0.39 is 41.1 Å². The predicted molar refractivity (Wildman–Crippen MR) is 194 cm³/mol. The number of aryl methyl sites for hydroxylation is 4. The minimum absolute atomic E-state index is 0.0703. The van der Waals surface area contributed by atoms with Crippen molar-refractivity contribution in [2.45, 2.75) is 59.3 Å². The summed E-state index contributed by atoms with van der Waals surface area (Å²) in [5, 5.41) is 0. The average molecular weight is 721 g/mol. The van der Waals surface area contributed by atoms with Crippen molar-refractivity contribution in [3.63, 3.8) is 0 Å². The maximum atomic E-state index is 15.0. The van der Waals surface area contributed by atoms with Gasteiger partial charge in [-0.15, -0.1) is 0 Å². The zero-order valence-corrected chi connectivity index (χ0v) is 29.6. The number of carbonyl (C=O) groups excluding carboxylic acids is 4. The van der Waals surface area contributed by atoms with Gasteiger partial charge in [0, 0.05) is 12.5 Å². The van der Waals surface area contributed by atoms with Crippen LogP contribution >= 0.6 is 0 Å². The summed E-state index contributed by atoms with van der Waals surface area (Å²) in [4.78, 5) is 50.7. The minimum atomic E-state index is -1.01. The van der Waals surface area contributed by atoms with Crippen molar-refractivity contribution >= 4 is 23.9 Å². The molecule has 0 spiro atoms. The molecular formula is C43H38F2O8. The number of halogens is 2.